The van der Waals surface area contributed by atoms with Crippen LogP contribution in [0.3, 0.4) is 0 Å². The molecule has 0 saturated carbocycles. The van der Waals surface area contributed by atoms with Crippen LogP contribution in [0, 0.1) is 5.82 Å². The molecule has 0 aliphatic heterocycles. The van der Waals surface area contributed by atoms with Crippen molar-refractivity contribution in [2.24, 2.45) is 0 Å². The molecule has 2 aromatic rings. The Morgan fingerprint density at radius 3 is 2.42 bits per heavy atom. The molecule has 1 aromatic heterocycles. The normalized spacial score (nSPS) is 11.6. The molecule has 19 heavy (non-hydrogen) atoms. The average molecular weight is 272 g/mol. The SMILES string of the molecule is Oc1cc(Cc2cc(F)cc(C(F)(F)F)c2)cnn1. The summed E-state index contributed by atoms with van der Waals surface area (Å²) in [6, 6.07) is 3.56. The van der Waals surface area contributed by atoms with Gasteiger partial charge in [-0.3, -0.25) is 0 Å². The maximum absolute atomic E-state index is 13.2. The molecule has 0 amide bonds. The van der Waals surface area contributed by atoms with E-state index in [0.717, 1.165) is 12.1 Å². The minimum absolute atomic E-state index is 0.0178. The summed E-state index contributed by atoms with van der Waals surface area (Å²) < 4.78 is 50.7. The van der Waals surface area contributed by atoms with Gasteiger partial charge in [0.15, 0.2) is 0 Å². The lowest BCUT2D eigenvalue weighted by molar-refractivity contribution is -0.137. The van der Waals surface area contributed by atoms with Crippen molar-refractivity contribution >= 4 is 0 Å². The van der Waals surface area contributed by atoms with E-state index in [-0.39, 0.29) is 17.9 Å². The molecule has 7 heteroatoms. The Bertz CT molecular complexity index is 599. The zero-order chi connectivity index (χ0) is 14.0. The number of hydrogen-bond acceptors (Lipinski definition) is 3. The molecule has 2 rings (SSSR count). The first kappa shape index (κ1) is 13.3. The van der Waals surface area contributed by atoms with E-state index in [4.69, 9.17) is 5.11 Å². The summed E-state index contributed by atoms with van der Waals surface area (Å²) in [7, 11) is 0. The predicted octanol–water partition coefficient (Wildman–Crippen LogP) is 2.93. The van der Waals surface area contributed by atoms with Crippen molar-refractivity contribution in [1.82, 2.24) is 10.2 Å². The van der Waals surface area contributed by atoms with Gasteiger partial charge in [-0.05, 0) is 35.7 Å². The number of rotatable bonds is 2. The van der Waals surface area contributed by atoms with Crippen molar-refractivity contribution in [2.75, 3.05) is 0 Å². The maximum Gasteiger partial charge on any atom is 0.416 e. The van der Waals surface area contributed by atoms with Gasteiger partial charge in [0.05, 0.1) is 11.8 Å². The molecule has 0 aliphatic carbocycles. The maximum atomic E-state index is 13.2. The molecular weight excluding hydrogens is 264 g/mol. The van der Waals surface area contributed by atoms with Gasteiger partial charge in [0, 0.05) is 6.07 Å². The molecular formula is C12H8F4N2O. The topological polar surface area (TPSA) is 46.0 Å². The average Bonchev–Trinajstić information content (AvgIpc) is 2.26. The van der Waals surface area contributed by atoms with Crippen LogP contribution in [-0.2, 0) is 12.6 Å². The van der Waals surface area contributed by atoms with Crippen LogP contribution in [-0.4, -0.2) is 15.3 Å². The van der Waals surface area contributed by atoms with Crippen LogP contribution in [0.25, 0.3) is 0 Å². The molecule has 0 unspecified atom stereocenters. The number of benzene rings is 1. The number of hydrogen-bond donors (Lipinski definition) is 1. The van der Waals surface area contributed by atoms with E-state index in [1.807, 2.05) is 0 Å². The van der Waals surface area contributed by atoms with Gasteiger partial charge in [-0.2, -0.15) is 18.3 Å². The zero-order valence-electron chi connectivity index (χ0n) is 9.45. The van der Waals surface area contributed by atoms with E-state index in [2.05, 4.69) is 10.2 Å². The van der Waals surface area contributed by atoms with Crippen molar-refractivity contribution in [3.05, 3.63) is 53.0 Å². The Labute approximate surface area is 105 Å². The number of halogens is 4. The summed E-state index contributed by atoms with van der Waals surface area (Å²) >= 11 is 0. The van der Waals surface area contributed by atoms with Crippen molar-refractivity contribution in [3.8, 4) is 5.88 Å². The van der Waals surface area contributed by atoms with E-state index >= 15 is 0 Å². The third-order valence-corrected chi connectivity index (χ3v) is 2.39. The van der Waals surface area contributed by atoms with Gasteiger partial charge in [-0.1, -0.05) is 0 Å². The van der Waals surface area contributed by atoms with Crippen LogP contribution in [0.1, 0.15) is 16.7 Å². The molecule has 1 N–H and O–H groups in total. The van der Waals surface area contributed by atoms with Crippen LogP contribution < -0.4 is 0 Å². The standard InChI is InChI=1S/C12H8F4N2O/c13-10-3-7(2-9(5-10)12(14,15)16)1-8-4-11(19)18-17-6-8/h2-6H,1H2,(H,18,19). The first-order valence-electron chi connectivity index (χ1n) is 5.22. The largest absolute Gasteiger partial charge is 0.492 e. The van der Waals surface area contributed by atoms with Crippen LogP contribution in [0.4, 0.5) is 17.6 Å². The number of aromatic nitrogens is 2. The Kier molecular flexibility index (Phi) is 3.37. The van der Waals surface area contributed by atoms with Gasteiger partial charge in [0.25, 0.3) is 0 Å². The fourth-order valence-corrected chi connectivity index (χ4v) is 1.64. The van der Waals surface area contributed by atoms with Gasteiger partial charge in [-0.15, -0.1) is 5.10 Å². The first-order chi connectivity index (χ1) is 8.84. The predicted molar refractivity (Wildman–Crippen MR) is 57.9 cm³/mol. The molecule has 0 saturated heterocycles. The molecule has 100 valence electrons. The highest BCUT2D eigenvalue weighted by atomic mass is 19.4. The molecule has 0 atom stereocenters. The minimum Gasteiger partial charge on any atom is -0.492 e. The Morgan fingerprint density at radius 2 is 1.79 bits per heavy atom. The first-order valence-corrected chi connectivity index (χ1v) is 5.22. The monoisotopic (exact) mass is 272 g/mol. The number of aromatic hydroxyl groups is 1. The number of nitrogens with zero attached hydrogens (tertiary/aromatic N) is 2. The van der Waals surface area contributed by atoms with E-state index in [9.17, 15) is 17.6 Å². The lowest BCUT2D eigenvalue weighted by Crippen LogP contribution is -2.06. The summed E-state index contributed by atoms with van der Waals surface area (Å²) in [5, 5.41) is 15.9. The molecule has 0 bridgehead atoms. The van der Waals surface area contributed by atoms with E-state index in [0.29, 0.717) is 11.6 Å². The molecule has 0 aliphatic rings. The van der Waals surface area contributed by atoms with Gasteiger partial charge in [0.2, 0.25) is 5.88 Å². The van der Waals surface area contributed by atoms with Crippen molar-refractivity contribution in [2.45, 2.75) is 12.6 Å². The van der Waals surface area contributed by atoms with Crippen molar-refractivity contribution in [1.29, 1.82) is 0 Å². The summed E-state index contributed by atoms with van der Waals surface area (Å²) in [5.74, 6) is -1.30. The summed E-state index contributed by atoms with van der Waals surface area (Å²) in [5.41, 5.74) is -0.473. The number of alkyl halides is 3. The van der Waals surface area contributed by atoms with Crippen LogP contribution in [0.5, 0.6) is 5.88 Å². The highest BCUT2D eigenvalue weighted by Crippen LogP contribution is 2.30. The lowest BCUT2D eigenvalue weighted by atomic mass is 10.0. The highest BCUT2D eigenvalue weighted by molar-refractivity contribution is 5.31. The summed E-state index contributed by atoms with van der Waals surface area (Å²) in [6.45, 7) is 0. The van der Waals surface area contributed by atoms with E-state index in [1.54, 1.807) is 0 Å². The van der Waals surface area contributed by atoms with E-state index in [1.165, 1.54) is 12.3 Å². The Balaban J connectivity index is 2.33. The Hall–Kier alpha value is -2.18. The smallest absolute Gasteiger partial charge is 0.416 e. The minimum atomic E-state index is -4.60. The molecule has 3 nitrogen and oxygen atoms in total. The molecule has 0 spiro atoms. The van der Waals surface area contributed by atoms with Crippen LogP contribution in [0.15, 0.2) is 30.5 Å². The van der Waals surface area contributed by atoms with Gasteiger partial charge >= 0.3 is 6.18 Å². The quantitative estimate of drug-likeness (QED) is 0.855. The summed E-state index contributed by atoms with van der Waals surface area (Å²) in [6.07, 6.45) is -3.29. The Morgan fingerprint density at radius 1 is 1.05 bits per heavy atom. The lowest BCUT2D eigenvalue weighted by Gasteiger charge is -2.09. The van der Waals surface area contributed by atoms with Gasteiger partial charge in [0.1, 0.15) is 5.82 Å². The highest BCUT2D eigenvalue weighted by Gasteiger charge is 2.31. The molecule has 0 fully saturated rings. The van der Waals surface area contributed by atoms with Crippen LogP contribution in [0.2, 0.25) is 0 Å². The second-order valence-electron chi connectivity index (χ2n) is 3.94. The van der Waals surface area contributed by atoms with E-state index < -0.39 is 17.6 Å². The molecule has 1 aromatic carbocycles. The summed E-state index contributed by atoms with van der Waals surface area (Å²) in [4.78, 5) is 0. The fourth-order valence-electron chi connectivity index (χ4n) is 1.64. The second-order valence-corrected chi connectivity index (χ2v) is 3.94. The zero-order valence-corrected chi connectivity index (χ0v) is 9.45. The van der Waals surface area contributed by atoms with Crippen molar-refractivity contribution < 1.29 is 22.7 Å². The van der Waals surface area contributed by atoms with Gasteiger partial charge in [-0.25, -0.2) is 4.39 Å². The van der Waals surface area contributed by atoms with Crippen LogP contribution >= 0.6 is 0 Å². The fraction of sp³-hybridized carbons (Fsp3) is 0.167. The molecule has 0 radical (unpaired) electrons. The van der Waals surface area contributed by atoms with Crippen molar-refractivity contribution in [3.63, 3.8) is 0 Å². The van der Waals surface area contributed by atoms with Gasteiger partial charge < -0.3 is 5.11 Å². The second kappa shape index (κ2) is 4.83. The third-order valence-electron chi connectivity index (χ3n) is 2.39. The third kappa shape index (κ3) is 3.40. The molecule has 1 heterocycles.